The molecule has 100 valence electrons. The molecule has 1 aromatic carbocycles. The van der Waals surface area contributed by atoms with Crippen LogP contribution in [-0.4, -0.2) is 18.2 Å². The number of benzene rings is 1. The lowest BCUT2D eigenvalue weighted by atomic mass is 9.81. The molecule has 0 fully saturated rings. The topological polar surface area (TPSA) is 46.5 Å². The second-order valence-corrected chi connectivity index (χ2v) is 4.81. The number of hydrogen-bond acceptors (Lipinski definition) is 2. The monoisotopic (exact) mass is 258 g/mol. The third kappa shape index (κ3) is 3.26. The average molecular weight is 258 g/mol. The van der Waals surface area contributed by atoms with E-state index in [9.17, 15) is 13.6 Å². The molecule has 0 saturated heterocycles. The standard InChI is InChI=1S/C13H16F2O3/c1-13(2,6-12(16)17)8-4-10(14)9(7-18-3)11(15)5-8/h4-5H,6-7H2,1-3H3,(H,16,17). The number of aliphatic carboxylic acids is 1. The van der Waals surface area contributed by atoms with E-state index >= 15 is 0 Å². The van der Waals surface area contributed by atoms with Gasteiger partial charge in [0.15, 0.2) is 0 Å². The summed E-state index contributed by atoms with van der Waals surface area (Å²) in [6, 6.07) is 2.33. The molecule has 0 spiro atoms. The summed E-state index contributed by atoms with van der Waals surface area (Å²) >= 11 is 0. The van der Waals surface area contributed by atoms with Crippen LogP contribution in [0.4, 0.5) is 8.78 Å². The first kappa shape index (κ1) is 14.6. The highest BCUT2D eigenvalue weighted by Crippen LogP contribution is 2.29. The van der Waals surface area contributed by atoms with Gasteiger partial charge in [0.1, 0.15) is 11.6 Å². The van der Waals surface area contributed by atoms with Gasteiger partial charge in [-0.25, -0.2) is 8.78 Å². The largest absolute Gasteiger partial charge is 0.481 e. The van der Waals surface area contributed by atoms with E-state index in [0.717, 1.165) is 0 Å². The minimum atomic E-state index is -1.01. The molecular weight excluding hydrogens is 242 g/mol. The number of hydrogen-bond donors (Lipinski definition) is 1. The molecule has 0 radical (unpaired) electrons. The Bertz CT molecular complexity index is 433. The summed E-state index contributed by atoms with van der Waals surface area (Å²) < 4.78 is 32.1. The van der Waals surface area contributed by atoms with Crippen LogP contribution in [0.25, 0.3) is 0 Å². The highest BCUT2D eigenvalue weighted by atomic mass is 19.1. The smallest absolute Gasteiger partial charge is 0.304 e. The molecular formula is C13H16F2O3. The van der Waals surface area contributed by atoms with Gasteiger partial charge in [-0.3, -0.25) is 4.79 Å². The van der Waals surface area contributed by atoms with Gasteiger partial charge >= 0.3 is 5.97 Å². The van der Waals surface area contributed by atoms with Gasteiger partial charge in [-0.15, -0.1) is 0 Å². The van der Waals surface area contributed by atoms with Crippen molar-refractivity contribution in [2.75, 3.05) is 7.11 Å². The normalized spacial score (nSPS) is 11.6. The molecule has 0 atom stereocenters. The third-order valence-corrected chi connectivity index (χ3v) is 2.80. The van der Waals surface area contributed by atoms with Gasteiger partial charge in [0.2, 0.25) is 0 Å². The second kappa shape index (κ2) is 5.44. The first-order valence-electron chi connectivity index (χ1n) is 5.47. The molecule has 1 rings (SSSR count). The number of carboxylic acids is 1. The molecule has 18 heavy (non-hydrogen) atoms. The minimum absolute atomic E-state index is 0.146. The summed E-state index contributed by atoms with van der Waals surface area (Å²) in [7, 11) is 1.35. The Morgan fingerprint density at radius 1 is 1.33 bits per heavy atom. The van der Waals surface area contributed by atoms with Crippen LogP contribution in [0, 0.1) is 11.6 Å². The van der Waals surface area contributed by atoms with E-state index in [2.05, 4.69) is 0 Å². The Labute approximate surface area is 104 Å². The predicted molar refractivity (Wildman–Crippen MR) is 62.3 cm³/mol. The van der Waals surface area contributed by atoms with E-state index in [-0.39, 0.29) is 18.6 Å². The molecule has 1 aromatic rings. The van der Waals surface area contributed by atoms with Crippen LogP contribution in [-0.2, 0) is 21.6 Å². The van der Waals surface area contributed by atoms with Gasteiger partial charge in [0.05, 0.1) is 13.0 Å². The fraction of sp³-hybridized carbons (Fsp3) is 0.462. The molecule has 0 bridgehead atoms. The molecule has 5 heteroatoms. The molecule has 0 aromatic heterocycles. The lowest BCUT2D eigenvalue weighted by Gasteiger charge is -2.23. The highest BCUT2D eigenvalue weighted by molar-refractivity contribution is 5.68. The number of ether oxygens (including phenoxy) is 1. The summed E-state index contributed by atoms with van der Waals surface area (Å²) in [4.78, 5) is 10.7. The van der Waals surface area contributed by atoms with Gasteiger partial charge in [0, 0.05) is 18.1 Å². The van der Waals surface area contributed by atoms with Crippen LogP contribution < -0.4 is 0 Å². The zero-order valence-electron chi connectivity index (χ0n) is 10.6. The Morgan fingerprint density at radius 3 is 2.22 bits per heavy atom. The predicted octanol–water partition coefficient (Wildman–Crippen LogP) is 2.86. The Hall–Kier alpha value is -1.49. The van der Waals surface area contributed by atoms with E-state index in [4.69, 9.17) is 9.84 Å². The first-order valence-corrected chi connectivity index (χ1v) is 5.47. The number of carboxylic acid groups (broad SMARTS) is 1. The third-order valence-electron chi connectivity index (χ3n) is 2.80. The van der Waals surface area contributed by atoms with E-state index in [0.29, 0.717) is 5.56 Å². The molecule has 0 aliphatic carbocycles. The van der Waals surface area contributed by atoms with Crippen LogP contribution in [0.3, 0.4) is 0 Å². The van der Waals surface area contributed by atoms with Gasteiger partial charge in [-0.2, -0.15) is 0 Å². The summed E-state index contributed by atoms with van der Waals surface area (Å²) in [5.41, 5.74) is -0.661. The molecule has 0 aliphatic heterocycles. The maximum Gasteiger partial charge on any atom is 0.304 e. The number of carbonyl (C=O) groups is 1. The zero-order valence-corrected chi connectivity index (χ0v) is 10.6. The molecule has 0 heterocycles. The van der Waals surface area contributed by atoms with Crippen molar-refractivity contribution in [3.8, 4) is 0 Å². The van der Waals surface area contributed by atoms with Crippen molar-refractivity contribution in [1.82, 2.24) is 0 Å². The van der Waals surface area contributed by atoms with E-state index in [1.165, 1.54) is 19.2 Å². The average Bonchev–Trinajstić information content (AvgIpc) is 2.21. The molecule has 0 saturated carbocycles. The van der Waals surface area contributed by atoms with Crippen molar-refractivity contribution in [1.29, 1.82) is 0 Å². The van der Waals surface area contributed by atoms with Gasteiger partial charge < -0.3 is 9.84 Å². The van der Waals surface area contributed by atoms with Gasteiger partial charge in [-0.05, 0) is 17.7 Å². The number of rotatable bonds is 5. The lowest BCUT2D eigenvalue weighted by molar-refractivity contribution is -0.138. The Morgan fingerprint density at radius 2 is 1.83 bits per heavy atom. The minimum Gasteiger partial charge on any atom is -0.481 e. The van der Waals surface area contributed by atoms with Crippen LogP contribution in [0.15, 0.2) is 12.1 Å². The van der Waals surface area contributed by atoms with E-state index in [1.807, 2.05) is 0 Å². The van der Waals surface area contributed by atoms with Crippen molar-refractivity contribution >= 4 is 5.97 Å². The van der Waals surface area contributed by atoms with Crippen molar-refractivity contribution in [3.63, 3.8) is 0 Å². The Balaban J connectivity index is 3.16. The van der Waals surface area contributed by atoms with Crippen molar-refractivity contribution in [2.45, 2.75) is 32.3 Å². The summed E-state index contributed by atoms with van der Waals surface area (Å²) in [5.74, 6) is -2.45. The summed E-state index contributed by atoms with van der Waals surface area (Å²) in [6.07, 6.45) is -0.199. The van der Waals surface area contributed by atoms with Crippen molar-refractivity contribution in [3.05, 3.63) is 34.9 Å². The van der Waals surface area contributed by atoms with Crippen LogP contribution >= 0.6 is 0 Å². The Kier molecular flexibility index (Phi) is 4.40. The van der Waals surface area contributed by atoms with E-state index in [1.54, 1.807) is 13.8 Å². The summed E-state index contributed by atoms with van der Waals surface area (Å²) in [6.45, 7) is 3.11. The molecule has 0 amide bonds. The lowest BCUT2D eigenvalue weighted by Crippen LogP contribution is -2.22. The zero-order chi connectivity index (χ0) is 13.9. The fourth-order valence-corrected chi connectivity index (χ4v) is 1.76. The van der Waals surface area contributed by atoms with Crippen LogP contribution in [0.2, 0.25) is 0 Å². The molecule has 0 unspecified atom stereocenters. The van der Waals surface area contributed by atoms with Crippen LogP contribution in [0.5, 0.6) is 0 Å². The molecule has 0 aliphatic rings. The molecule has 1 N–H and O–H groups in total. The van der Waals surface area contributed by atoms with Gasteiger partial charge in [-0.1, -0.05) is 13.8 Å². The number of halogens is 2. The quantitative estimate of drug-likeness (QED) is 0.883. The molecule has 3 nitrogen and oxygen atoms in total. The fourth-order valence-electron chi connectivity index (χ4n) is 1.76. The first-order chi connectivity index (χ1) is 8.27. The maximum atomic E-state index is 13.7. The summed E-state index contributed by atoms with van der Waals surface area (Å²) in [5, 5.41) is 8.78. The van der Waals surface area contributed by atoms with E-state index < -0.39 is 23.0 Å². The van der Waals surface area contributed by atoms with Crippen molar-refractivity contribution in [2.24, 2.45) is 0 Å². The SMILES string of the molecule is COCc1c(F)cc(C(C)(C)CC(=O)O)cc1F. The highest BCUT2D eigenvalue weighted by Gasteiger charge is 2.26. The van der Waals surface area contributed by atoms with Gasteiger partial charge in [0.25, 0.3) is 0 Å². The second-order valence-electron chi connectivity index (χ2n) is 4.81. The number of methoxy groups -OCH3 is 1. The van der Waals surface area contributed by atoms with Crippen molar-refractivity contribution < 1.29 is 23.4 Å². The maximum absolute atomic E-state index is 13.7. The van der Waals surface area contributed by atoms with Crippen LogP contribution in [0.1, 0.15) is 31.4 Å².